The van der Waals surface area contributed by atoms with Gasteiger partial charge in [-0.15, -0.1) is 5.10 Å². The second-order valence-corrected chi connectivity index (χ2v) is 9.29. The van der Waals surface area contributed by atoms with Gasteiger partial charge in [0.25, 0.3) is 0 Å². The van der Waals surface area contributed by atoms with Crippen LogP contribution in [0.5, 0.6) is 0 Å². The van der Waals surface area contributed by atoms with Crippen LogP contribution in [-0.4, -0.2) is 61.7 Å². The molecule has 1 aromatic heterocycles. The second kappa shape index (κ2) is 9.34. The summed E-state index contributed by atoms with van der Waals surface area (Å²) in [7, 11) is 0. The summed E-state index contributed by atoms with van der Waals surface area (Å²) >= 11 is 0. The fraction of sp³-hybridized carbons (Fsp3) is 0.652. The summed E-state index contributed by atoms with van der Waals surface area (Å²) in [6.45, 7) is 3.79. The molecule has 1 aliphatic carbocycles. The van der Waals surface area contributed by atoms with E-state index >= 15 is 0 Å². The number of rotatable bonds is 5. The fourth-order valence-electron chi connectivity index (χ4n) is 5.21. The van der Waals surface area contributed by atoms with Crippen LogP contribution < -0.4 is 5.32 Å². The Morgan fingerprint density at radius 3 is 2.55 bits per heavy atom. The minimum Gasteiger partial charge on any atom is -0.321 e. The third-order valence-electron chi connectivity index (χ3n) is 7.08. The van der Waals surface area contributed by atoms with Gasteiger partial charge in [0, 0.05) is 18.3 Å². The lowest BCUT2D eigenvalue weighted by molar-refractivity contribution is 0.101. The molecule has 3 aliphatic rings. The average molecular weight is 424 g/mol. The molecule has 8 heteroatoms. The number of urea groups is 1. The van der Waals surface area contributed by atoms with E-state index in [2.05, 4.69) is 30.6 Å². The van der Waals surface area contributed by atoms with Crippen molar-refractivity contribution in [2.45, 2.75) is 70.0 Å². The summed E-state index contributed by atoms with van der Waals surface area (Å²) in [5.41, 5.74) is 0.874. The number of piperidine rings is 1. The van der Waals surface area contributed by atoms with E-state index in [0.29, 0.717) is 18.0 Å². The third kappa shape index (κ3) is 4.89. The van der Waals surface area contributed by atoms with Crippen LogP contribution in [0.3, 0.4) is 0 Å². The normalized spacial score (nSPS) is 23.5. The number of nitrogens with one attached hydrogen (secondary N) is 1. The van der Waals surface area contributed by atoms with Crippen LogP contribution in [0.2, 0.25) is 0 Å². The Hall–Kier alpha value is -2.48. The highest BCUT2D eigenvalue weighted by Gasteiger charge is 2.35. The molecule has 1 saturated carbocycles. The first-order valence-corrected chi connectivity index (χ1v) is 11.9. The third-order valence-corrected chi connectivity index (χ3v) is 7.08. The Morgan fingerprint density at radius 1 is 0.968 bits per heavy atom. The molecule has 1 atom stereocenters. The minimum atomic E-state index is 0.0594. The molecule has 0 radical (unpaired) electrons. The van der Waals surface area contributed by atoms with Crippen LogP contribution >= 0.6 is 0 Å². The van der Waals surface area contributed by atoms with Crippen molar-refractivity contribution in [3.63, 3.8) is 0 Å². The Bertz CT molecular complexity index is 858. The van der Waals surface area contributed by atoms with Crippen molar-refractivity contribution in [3.8, 4) is 0 Å². The molecule has 3 heterocycles. The molecule has 1 N–H and O–H groups in total. The van der Waals surface area contributed by atoms with Gasteiger partial charge in [0.05, 0.1) is 12.6 Å². The van der Waals surface area contributed by atoms with E-state index in [0.717, 1.165) is 63.4 Å². The Morgan fingerprint density at radius 2 is 1.77 bits per heavy atom. The van der Waals surface area contributed by atoms with Gasteiger partial charge in [-0.25, -0.2) is 9.48 Å². The Kier molecular flexibility index (Phi) is 6.15. The number of anilines is 1. The maximum absolute atomic E-state index is 13.1. The first-order chi connectivity index (χ1) is 15.3. The summed E-state index contributed by atoms with van der Waals surface area (Å²) < 4.78 is 2.02. The van der Waals surface area contributed by atoms with E-state index in [1.54, 1.807) is 0 Å². The molecule has 5 rings (SSSR count). The molecular formula is C23H33N7O. The summed E-state index contributed by atoms with van der Waals surface area (Å²) in [6, 6.07) is 10.7. The number of hydrogen-bond acceptors (Lipinski definition) is 5. The molecule has 2 aliphatic heterocycles. The van der Waals surface area contributed by atoms with Gasteiger partial charge in [-0.1, -0.05) is 31.0 Å². The van der Waals surface area contributed by atoms with Crippen molar-refractivity contribution in [1.29, 1.82) is 0 Å². The molecule has 31 heavy (non-hydrogen) atoms. The van der Waals surface area contributed by atoms with Crippen LogP contribution in [0.25, 0.3) is 0 Å². The lowest BCUT2D eigenvalue weighted by Gasteiger charge is -2.40. The molecule has 2 saturated heterocycles. The molecule has 3 fully saturated rings. The molecule has 0 bridgehead atoms. The van der Waals surface area contributed by atoms with E-state index in [4.69, 9.17) is 0 Å². The topological polar surface area (TPSA) is 79.2 Å². The van der Waals surface area contributed by atoms with Gasteiger partial charge in [-0.05, 0) is 80.1 Å². The van der Waals surface area contributed by atoms with Crippen molar-refractivity contribution < 1.29 is 4.79 Å². The first-order valence-electron chi connectivity index (χ1n) is 11.9. The van der Waals surface area contributed by atoms with Gasteiger partial charge in [-0.3, -0.25) is 4.90 Å². The molecule has 0 unspecified atom stereocenters. The number of hydrogen-bond donors (Lipinski definition) is 1. The van der Waals surface area contributed by atoms with E-state index in [1.807, 2.05) is 35.0 Å². The van der Waals surface area contributed by atoms with Gasteiger partial charge < -0.3 is 10.2 Å². The summed E-state index contributed by atoms with van der Waals surface area (Å²) in [6.07, 6.45) is 9.31. The minimum absolute atomic E-state index is 0.0594. The lowest BCUT2D eigenvalue weighted by Crippen LogP contribution is -2.49. The largest absolute Gasteiger partial charge is 0.322 e. The number of amides is 2. The highest BCUT2D eigenvalue weighted by molar-refractivity contribution is 5.89. The number of benzene rings is 1. The van der Waals surface area contributed by atoms with Crippen molar-refractivity contribution in [1.82, 2.24) is 30.0 Å². The van der Waals surface area contributed by atoms with Crippen LogP contribution in [0.1, 0.15) is 63.2 Å². The quantitative estimate of drug-likeness (QED) is 0.793. The van der Waals surface area contributed by atoms with Gasteiger partial charge in [-0.2, -0.15) is 0 Å². The zero-order chi connectivity index (χ0) is 21.0. The number of carbonyl (C=O) groups is 1. The Labute approximate surface area is 184 Å². The van der Waals surface area contributed by atoms with Gasteiger partial charge in [0.2, 0.25) is 0 Å². The first kappa shape index (κ1) is 20.4. The van der Waals surface area contributed by atoms with Crippen LogP contribution in [0.4, 0.5) is 10.5 Å². The SMILES string of the molecule is O=C(Nc1ccccc1)N1CCCCC[C@H]1C1CCN(Cc2nnnn2C2CC2)CC1. The predicted molar refractivity (Wildman–Crippen MR) is 119 cm³/mol. The molecule has 8 nitrogen and oxygen atoms in total. The van der Waals surface area contributed by atoms with E-state index in [9.17, 15) is 4.79 Å². The monoisotopic (exact) mass is 423 g/mol. The van der Waals surface area contributed by atoms with Crippen molar-refractivity contribution >= 4 is 11.7 Å². The molecule has 1 aromatic carbocycles. The maximum atomic E-state index is 13.1. The number of likely N-dealkylation sites (tertiary alicyclic amines) is 2. The van der Waals surface area contributed by atoms with Crippen LogP contribution in [-0.2, 0) is 6.54 Å². The summed E-state index contributed by atoms with van der Waals surface area (Å²) in [5.74, 6) is 1.56. The zero-order valence-corrected chi connectivity index (χ0v) is 18.2. The molecule has 166 valence electrons. The molecular weight excluding hydrogens is 390 g/mol. The van der Waals surface area contributed by atoms with Gasteiger partial charge >= 0.3 is 6.03 Å². The van der Waals surface area contributed by atoms with Gasteiger partial charge in [0.15, 0.2) is 5.82 Å². The number of nitrogens with zero attached hydrogens (tertiary/aromatic N) is 6. The second-order valence-electron chi connectivity index (χ2n) is 9.29. The number of carbonyl (C=O) groups excluding carboxylic acids is 1. The summed E-state index contributed by atoms with van der Waals surface area (Å²) in [4.78, 5) is 17.7. The Balaban J connectivity index is 1.20. The number of aromatic nitrogens is 4. The van der Waals surface area contributed by atoms with Crippen molar-refractivity contribution in [3.05, 3.63) is 36.2 Å². The maximum Gasteiger partial charge on any atom is 0.322 e. The molecule has 2 amide bonds. The summed E-state index contributed by atoms with van der Waals surface area (Å²) in [5, 5.41) is 15.5. The van der Waals surface area contributed by atoms with Crippen molar-refractivity contribution in [2.75, 3.05) is 25.0 Å². The number of para-hydroxylation sites is 1. The average Bonchev–Trinajstić information content (AvgIpc) is 3.58. The smallest absolute Gasteiger partial charge is 0.321 e. The predicted octanol–water partition coefficient (Wildman–Crippen LogP) is 3.70. The van der Waals surface area contributed by atoms with Crippen molar-refractivity contribution in [2.24, 2.45) is 5.92 Å². The van der Waals surface area contributed by atoms with Gasteiger partial charge in [0.1, 0.15) is 0 Å². The van der Waals surface area contributed by atoms with E-state index < -0.39 is 0 Å². The number of tetrazole rings is 1. The van der Waals surface area contributed by atoms with Crippen LogP contribution in [0.15, 0.2) is 30.3 Å². The molecule has 0 spiro atoms. The molecule has 2 aromatic rings. The fourth-order valence-corrected chi connectivity index (χ4v) is 5.21. The van der Waals surface area contributed by atoms with E-state index in [1.165, 1.54) is 25.7 Å². The zero-order valence-electron chi connectivity index (χ0n) is 18.2. The lowest BCUT2D eigenvalue weighted by atomic mass is 9.86. The van der Waals surface area contributed by atoms with Crippen LogP contribution in [0, 0.1) is 5.92 Å². The highest BCUT2D eigenvalue weighted by atomic mass is 16.2. The standard InChI is InChI=1S/C23H33N7O/c31-23(24-19-7-3-1-4-8-19)29-14-6-2-5-9-21(29)18-12-15-28(16-13-18)17-22-25-26-27-30(22)20-10-11-20/h1,3-4,7-8,18,20-21H,2,5-6,9-17H2,(H,24,31)/t21-/m0/s1. The van der Waals surface area contributed by atoms with E-state index in [-0.39, 0.29) is 6.03 Å². The highest BCUT2D eigenvalue weighted by Crippen LogP contribution is 2.35.